The predicted molar refractivity (Wildman–Crippen MR) is 104 cm³/mol. The van der Waals surface area contributed by atoms with Crippen LogP contribution in [0, 0.1) is 17.8 Å². The van der Waals surface area contributed by atoms with Crippen molar-refractivity contribution in [1.29, 1.82) is 0 Å². The summed E-state index contributed by atoms with van der Waals surface area (Å²) in [5.41, 5.74) is 0. The first-order chi connectivity index (χ1) is 12.9. The fourth-order valence-electron chi connectivity index (χ4n) is 4.58. The number of rotatable bonds is 8. The molecule has 1 aliphatic heterocycles. The van der Waals surface area contributed by atoms with E-state index < -0.39 is 5.97 Å². The second-order valence-electron chi connectivity index (χ2n) is 8.41. The molecule has 0 aromatic rings. The highest BCUT2D eigenvalue weighted by molar-refractivity contribution is 5.86. The molecule has 0 aromatic carbocycles. The number of hydrogen-bond acceptors (Lipinski definition) is 3. The number of carboxylic acid groups (broad SMARTS) is 1. The second-order valence-corrected chi connectivity index (χ2v) is 8.41. The Labute approximate surface area is 163 Å². The molecule has 1 unspecified atom stereocenters. The maximum atomic E-state index is 12.9. The number of carbonyl (C=O) groups excluding carboxylic acids is 2. The highest BCUT2D eigenvalue weighted by Gasteiger charge is 2.30. The summed E-state index contributed by atoms with van der Waals surface area (Å²) in [4.78, 5) is 39.8. The van der Waals surface area contributed by atoms with Gasteiger partial charge in [0.15, 0.2) is 0 Å². The number of piperidine rings is 1. The van der Waals surface area contributed by atoms with Crippen molar-refractivity contribution < 1.29 is 19.5 Å². The van der Waals surface area contributed by atoms with E-state index in [4.69, 9.17) is 5.11 Å². The van der Waals surface area contributed by atoms with E-state index >= 15 is 0 Å². The summed E-state index contributed by atoms with van der Waals surface area (Å²) in [6.45, 7) is 3.15. The minimum Gasteiger partial charge on any atom is -0.481 e. The second kappa shape index (κ2) is 10.7. The topological polar surface area (TPSA) is 77.9 Å². The molecule has 27 heavy (non-hydrogen) atoms. The Morgan fingerprint density at radius 2 is 1.70 bits per heavy atom. The van der Waals surface area contributed by atoms with Gasteiger partial charge in [0, 0.05) is 26.1 Å². The zero-order valence-electron chi connectivity index (χ0n) is 17.0. The molecule has 1 atom stereocenters. The van der Waals surface area contributed by atoms with Gasteiger partial charge in [-0.1, -0.05) is 45.4 Å². The minimum atomic E-state index is -0.778. The van der Waals surface area contributed by atoms with Crippen molar-refractivity contribution in [1.82, 2.24) is 9.80 Å². The number of carbonyl (C=O) groups is 3. The Balaban J connectivity index is 1.84. The fraction of sp³-hybridized carbons (Fsp3) is 0.857. The van der Waals surface area contributed by atoms with E-state index in [1.54, 1.807) is 16.8 Å². The van der Waals surface area contributed by atoms with Gasteiger partial charge in [0.05, 0.1) is 12.5 Å². The number of aliphatic carboxylic acids is 1. The number of nitrogens with zero attached hydrogens (tertiary/aromatic N) is 2. The Bertz CT molecular complexity index is 508. The van der Waals surface area contributed by atoms with Gasteiger partial charge in [-0.15, -0.1) is 0 Å². The number of hydrogen-bond donors (Lipinski definition) is 1. The smallest absolute Gasteiger partial charge is 0.306 e. The Morgan fingerprint density at radius 3 is 2.26 bits per heavy atom. The average molecular weight is 381 g/mol. The lowest BCUT2D eigenvalue weighted by Gasteiger charge is -2.32. The molecule has 1 heterocycles. The van der Waals surface area contributed by atoms with Crippen LogP contribution in [0.15, 0.2) is 0 Å². The summed E-state index contributed by atoms with van der Waals surface area (Å²) in [6.07, 6.45) is 10.1. The van der Waals surface area contributed by atoms with E-state index in [2.05, 4.69) is 6.92 Å². The van der Waals surface area contributed by atoms with Gasteiger partial charge in [-0.2, -0.15) is 0 Å². The Kier molecular flexibility index (Phi) is 8.58. The number of carboxylic acids is 1. The van der Waals surface area contributed by atoms with Crippen LogP contribution in [0.2, 0.25) is 0 Å². The zero-order valence-corrected chi connectivity index (χ0v) is 17.0. The summed E-state index contributed by atoms with van der Waals surface area (Å²) in [7, 11) is 1.73. The van der Waals surface area contributed by atoms with Gasteiger partial charge >= 0.3 is 5.97 Å². The van der Waals surface area contributed by atoms with Gasteiger partial charge in [0.1, 0.15) is 0 Å². The molecular formula is C21H36N2O4. The summed E-state index contributed by atoms with van der Waals surface area (Å²) in [6, 6.07) is 0. The van der Waals surface area contributed by atoms with E-state index in [9.17, 15) is 14.4 Å². The van der Waals surface area contributed by atoms with Crippen LogP contribution in [-0.4, -0.2) is 59.4 Å². The SMILES string of the molecule is CCCC(CC1CCCCC1)C(=O)N(C)CC(=O)N1CCC(C(=O)O)CC1. The van der Waals surface area contributed by atoms with E-state index in [1.807, 2.05) is 0 Å². The third-order valence-corrected chi connectivity index (χ3v) is 6.27. The molecule has 1 saturated carbocycles. The molecule has 1 aliphatic carbocycles. The van der Waals surface area contributed by atoms with Gasteiger partial charge in [0.2, 0.25) is 11.8 Å². The molecule has 0 spiro atoms. The fourth-order valence-corrected chi connectivity index (χ4v) is 4.58. The Morgan fingerprint density at radius 1 is 1.07 bits per heavy atom. The van der Waals surface area contributed by atoms with E-state index in [-0.39, 0.29) is 30.2 Å². The number of amides is 2. The summed E-state index contributed by atoms with van der Waals surface area (Å²) < 4.78 is 0. The molecule has 1 N–H and O–H groups in total. The number of likely N-dealkylation sites (tertiary alicyclic amines) is 1. The van der Waals surface area contributed by atoms with Crippen molar-refractivity contribution in [2.24, 2.45) is 17.8 Å². The highest BCUT2D eigenvalue weighted by Crippen LogP contribution is 2.31. The van der Waals surface area contributed by atoms with Gasteiger partial charge in [-0.05, 0) is 31.6 Å². The number of likely N-dealkylation sites (N-methyl/N-ethyl adjacent to an activating group) is 1. The van der Waals surface area contributed by atoms with Crippen LogP contribution in [0.5, 0.6) is 0 Å². The normalized spacial score (nSPS) is 20.3. The molecule has 6 nitrogen and oxygen atoms in total. The van der Waals surface area contributed by atoms with Crippen LogP contribution in [0.25, 0.3) is 0 Å². The first-order valence-corrected chi connectivity index (χ1v) is 10.7. The summed E-state index contributed by atoms with van der Waals surface area (Å²) in [5.74, 6) is -0.428. The van der Waals surface area contributed by atoms with Crippen molar-refractivity contribution in [3.63, 3.8) is 0 Å². The third-order valence-electron chi connectivity index (χ3n) is 6.27. The van der Waals surface area contributed by atoms with Crippen LogP contribution < -0.4 is 0 Å². The van der Waals surface area contributed by atoms with Gasteiger partial charge in [0.25, 0.3) is 0 Å². The first kappa shape index (κ1) is 21.7. The Hall–Kier alpha value is -1.59. The maximum absolute atomic E-state index is 12.9. The lowest BCUT2D eigenvalue weighted by molar-refractivity contribution is -0.147. The molecular weight excluding hydrogens is 344 g/mol. The van der Waals surface area contributed by atoms with Gasteiger partial charge < -0.3 is 14.9 Å². The van der Waals surface area contributed by atoms with Gasteiger partial charge in [-0.25, -0.2) is 0 Å². The van der Waals surface area contributed by atoms with Crippen LogP contribution in [0.1, 0.15) is 71.1 Å². The quantitative estimate of drug-likeness (QED) is 0.702. The van der Waals surface area contributed by atoms with E-state index in [0.29, 0.717) is 31.8 Å². The summed E-state index contributed by atoms with van der Waals surface area (Å²) in [5, 5.41) is 9.07. The van der Waals surface area contributed by atoms with Crippen molar-refractivity contribution in [3.05, 3.63) is 0 Å². The predicted octanol–water partition coefficient (Wildman–Crippen LogP) is 3.15. The lowest BCUT2D eigenvalue weighted by Crippen LogP contribution is -2.46. The van der Waals surface area contributed by atoms with Crippen molar-refractivity contribution in [3.8, 4) is 0 Å². The van der Waals surface area contributed by atoms with Crippen molar-refractivity contribution in [2.75, 3.05) is 26.7 Å². The van der Waals surface area contributed by atoms with E-state index in [1.165, 1.54) is 32.1 Å². The molecule has 154 valence electrons. The monoisotopic (exact) mass is 380 g/mol. The molecule has 2 fully saturated rings. The van der Waals surface area contributed by atoms with Crippen molar-refractivity contribution in [2.45, 2.75) is 71.1 Å². The zero-order chi connectivity index (χ0) is 19.8. The lowest BCUT2D eigenvalue weighted by atomic mass is 9.81. The molecule has 0 bridgehead atoms. The molecule has 2 rings (SSSR count). The van der Waals surface area contributed by atoms with Crippen LogP contribution in [-0.2, 0) is 14.4 Å². The highest BCUT2D eigenvalue weighted by atomic mass is 16.4. The molecule has 2 aliphatic rings. The molecule has 1 saturated heterocycles. The van der Waals surface area contributed by atoms with E-state index in [0.717, 1.165) is 19.3 Å². The third kappa shape index (κ3) is 6.51. The molecule has 0 radical (unpaired) electrons. The van der Waals surface area contributed by atoms with Crippen LogP contribution in [0.3, 0.4) is 0 Å². The molecule has 0 aromatic heterocycles. The molecule has 6 heteroatoms. The minimum absolute atomic E-state index is 0.0219. The standard InChI is InChI=1S/C21H36N2O4/c1-3-7-18(14-16-8-5-4-6-9-16)20(25)22(2)15-19(24)23-12-10-17(11-13-23)21(26)27/h16-18H,3-15H2,1-2H3,(H,26,27). The summed E-state index contributed by atoms with van der Waals surface area (Å²) >= 11 is 0. The van der Waals surface area contributed by atoms with Crippen LogP contribution in [0.4, 0.5) is 0 Å². The average Bonchev–Trinajstić information content (AvgIpc) is 2.67. The largest absolute Gasteiger partial charge is 0.481 e. The van der Waals surface area contributed by atoms with Crippen molar-refractivity contribution >= 4 is 17.8 Å². The molecule has 2 amide bonds. The maximum Gasteiger partial charge on any atom is 0.306 e. The van der Waals surface area contributed by atoms with Gasteiger partial charge in [-0.3, -0.25) is 14.4 Å². The van der Waals surface area contributed by atoms with Crippen LogP contribution >= 0.6 is 0 Å². The first-order valence-electron chi connectivity index (χ1n) is 10.7.